The molecule has 1 aromatic rings. The minimum Gasteiger partial charge on any atom is -0.480 e. The van der Waals surface area contributed by atoms with Crippen LogP contribution < -0.4 is 4.90 Å². The zero-order valence-corrected chi connectivity index (χ0v) is 10.8. The molecule has 1 fully saturated rings. The van der Waals surface area contributed by atoms with Crippen LogP contribution in [0, 0.1) is 0 Å². The third-order valence-corrected chi connectivity index (χ3v) is 4.08. The number of carbonyl (C=O) groups is 1. The number of hydrogen-bond donors (Lipinski definition) is 1. The van der Waals surface area contributed by atoms with Crippen molar-refractivity contribution < 1.29 is 14.3 Å². The van der Waals surface area contributed by atoms with Crippen molar-refractivity contribution >= 4 is 40.2 Å². The molecule has 0 saturated carbocycles. The predicted molar refractivity (Wildman–Crippen MR) is 70.0 cm³/mol. The molecule has 2 rings (SSSR count). The number of carboxylic acids is 1. The van der Waals surface area contributed by atoms with Crippen LogP contribution in [0.3, 0.4) is 0 Å². The van der Waals surface area contributed by atoms with Crippen molar-refractivity contribution in [2.45, 2.75) is 13.0 Å². The molecule has 92 valence electrons. The van der Waals surface area contributed by atoms with Gasteiger partial charge in [-0.15, -0.1) is 0 Å². The van der Waals surface area contributed by atoms with Crippen molar-refractivity contribution in [2.24, 2.45) is 0 Å². The first-order chi connectivity index (χ1) is 8.09. The van der Waals surface area contributed by atoms with Gasteiger partial charge in [0.05, 0.1) is 18.8 Å². The molecule has 0 aliphatic carbocycles. The first kappa shape index (κ1) is 12.4. The fraction of sp³-hybridized carbons (Fsp3) is 0.400. The Kier molecular flexibility index (Phi) is 3.70. The summed E-state index contributed by atoms with van der Waals surface area (Å²) in [6, 6.07) is 3.05. The normalized spacial score (nSPS) is 19.4. The van der Waals surface area contributed by atoms with Crippen molar-refractivity contribution in [3.8, 4) is 0 Å². The lowest BCUT2D eigenvalue weighted by Crippen LogP contribution is -2.50. The van der Waals surface area contributed by atoms with Gasteiger partial charge in [0.1, 0.15) is 10.4 Å². The molecule has 5 nitrogen and oxygen atoms in total. The number of thioether (sulfide) groups is 1. The van der Waals surface area contributed by atoms with Gasteiger partial charge in [-0.05, 0) is 13.0 Å². The first-order valence-electron chi connectivity index (χ1n) is 5.04. The highest BCUT2D eigenvalue weighted by molar-refractivity contribution is 8.23. The fourth-order valence-corrected chi connectivity index (χ4v) is 2.66. The van der Waals surface area contributed by atoms with E-state index >= 15 is 0 Å². The summed E-state index contributed by atoms with van der Waals surface area (Å²) in [5.74, 6) is 0.395. The van der Waals surface area contributed by atoms with Gasteiger partial charge < -0.3 is 9.52 Å². The number of nitrogens with zero attached hydrogens (tertiary/aromatic N) is 2. The van der Waals surface area contributed by atoms with Crippen molar-refractivity contribution in [1.29, 1.82) is 0 Å². The van der Waals surface area contributed by atoms with E-state index in [1.165, 1.54) is 11.8 Å². The van der Waals surface area contributed by atoms with Crippen molar-refractivity contribution in [2.75, 3.05) is 17.4 Å². The van der Waals surface area contributed by atoms with Gasteiger partial charge in [-0.3, -0.25) is 14.6 Å². The van der Waals surface area contributed by atoms with E-state index in [2.05, 4.69) is 0 Å². The molecule has 1 aliphatic heterocycles. The summed E-state index contributed by atoms with van der Waals surface area (Å²) >= 11 is 6.67. The van der Waals surface area contributed by atoms with Crippen LogP contribution in [-0.2, 0) is 4.79 Å². The summed E-state index contributed by atoms with van der Waals surface area (Å²) in [4.78, 5) is 14.6. The standard InChI is InChI=1S/C10H12N2O3S2/c1-7(9(13)14)11-5-12(10(16)17-6-11)8-3-2-4-15-8/h2-4,7H,5-6H2,1H3,(H,13,14). The van der Waals surface area contributed by atoms with Gasteiger partial charge in [0.2, 0.25) is 5.88 Å². The highest BCUT2D eigenvalue weighted by Gasteiger charge is 2.30. The topological polar surface area (TPSA) is 56.9 Å². The molecule has 1 atom stereocenters. The van der Waals surface area contributed by atoms with Gasteiger partial charge in [-0.25, -0.2) is 0 Å². The third-order valence-electron chi connectivity index (χ3n) is 2.57. The number of furan rings is 1. The highest BCUT2D eigenvalue weighted by Crippen LogP contribution is 2.26. The smallest absolute Gasteiger partial charge is 0.320 e. The molecular weight excluding hydrogens is 260 g/mol. The van der Waals surface area contributed by atoms with E-state index in [9.17, 15) is 4.79 Å². The molecule has 1 aromatic heterocycles. The van der Waals surface area contributed by atoms with Gasteiger partial charge >= 0.3 is 5.97 Å². The zero-order chi connectivity index (χ0) is 12.4. The lowest BCUT2D eigenvalue weighted by molar-refractivity contribution is -0.142. The molecule has 2 heterocycles. The van der Waals surface area contributed by atoms with Gasteiger partial charge in [0.25, 0.3) is 0 Å². The number of hydrogen-bond acceptors (Lipinski definition) is 5. The molecule has 1 N–H and O–H groups in total. The van der Waals surface area contributed by atoms with E-state index in [4.69, 9.17) is 21.7 Å². The van der Waals surface area contributed by atoms with Gasteiger partial charge in [-0.2, -0.15) is 0 Å². The Balaban J connectivity index is 2.12. The third kappa shape index (κ3) is 2.62. The highest BCUT2D eigenvalue weighted by atomic mass is 32.2. The van der Waals surface area contributed by atoms with Crippen LogP contribution in [0.15, 0.2) is 22.8 Å². The maximum atomic E-state index is 10.9. The van der Waals surface area contributed by atoms with Crippen LogP contribution in [0.25, 0.3) is 0 Å². The maximum Gasteiger partial charge on any atom is 0.320 e. The van der Waals surface area contributed by atoms with Crippen molar-refractivity contribution in [1.82, 2.24) is 4.90 Å². The molecule has 0 amide bonds. The van der Waals surface area contributed by atoms with Crippen LogP contribution in [0.1, 0.15) is 6.92 Å². The largest absolute Gasteiger partial charge is 0.480 e. The molecule has 1 unspecified atom stereocenters. The molecule has 0 spiro atoms. The summed E-state index contributed by atoms with van der Waals surface area (Å²) in [5.41, 5.74) is 0. The molecule has 0 bridgehead atoms. The van der Waals surface area contributed by atoms with E-state index in [0.29, 0.717) is 22.8 Å². The van der Waals surface area contributed by atoms with Crippen LogP contribution in [0.5, 0.6) is 0 Å². The Morgan fingerprint density at radius 3 is 3.06 bits per heavy atom. The Hall–Kier alpha value is -1.05. The number of thiocarbonyl (C=S) groups is 1. The average Bonchev–Trinajstić information content (AvgIpc) is 2.82. The Bertz CT molecular complexity index is 421. The summed E-state index contributed by atoms with van der Waals surface area (Å²) in [7, 11) is 0. The van der Waals surface area contributed by atoms with Gasteiger partial charge in [-0.1, -0.05) is 24.0 Å². The second-order valence-corrected chi connectivity index (χ2v) is 5.24. The first-order valence-corrected chi connectivity index (χ1v) is 6.43. The van der Waals surface area contributed by atoms with Crippen LogP contribution in [0.4, 0.5) is 5.88 Å². The van der Waals surface area contributed by atoms with E-state index < -0.39 is 12.0 Å². The summed E-state index contributed by atoms with van der Waals surface area (Å²) in [6.45, 7) is 2.10. The van der Waals surface area contributed by atoms with E-state index in [1.54, 1.807) is 24.2 Å². The summed E-state index contributed by atoms with van der Waals surface area (Å²) in [6.07, 6.45) is 1.57. The second kappa shape index (κ2) is 5.07. The van der Waals surface area contributed by atoms with E-state index in [1.807, 2.05) is 11.0 Å². The van der Waals surface area contributed by atoms with E-state index in [-0.39, 0.29) is 0 Å². The molecule has 17 heavy (non-hydrogen) atoms. The number of carboxylic acid groups (broad SMARTS) is 1. The summed E-state index contributed by atoms with van der Waals surface area (Å²) in [5, 5.41) is 8.99. The predicted octanol–water partition coefficient (Wildman–Crippen LogP) is 1.81. The minimum atomic E-state index is -0.835. The van der Waals surface area contributed by atoms with Crippen LogP contribution >= 0.6 is 24.0 Å². The maximum absolute atomic E-state index is 10.9. The monoisotopic (exact) mass is 272 g/mol. The van der Waals surface area contributed by atoms with E-state index in [0.717, 1.165) is 0 Å². The quantitative estimate of drug-likeness (QED) is 0.842. The Morgan fingerprint density at radius 1 is 1.71 bits per heavy atom. The Labute approximate surface area is 108 Å². The number of aliphatic carboxylic acids is 1. The molecule has 1 aliphatic rings. The lowest BCUT2D eigenvalue weighted by Gasteiger charge is -2.36. The SMILES string of the molecule is CC(C(=O)O)N1CSC(=S)N(c2ccco2)C1. The molecule has 0 aromatic carbocycles. The molecular formula is C10H12N2O3S2. The molecule has 0 radical (unpaired) electrons. The average molecular weight is 272 g/mol. The van der Waals surface area contributed by atoms with Crippen LogP contribution in [-0.4, -0.2) is 38.9 Å². The van der Waals surface area contributed by atoms with Gasteiger partial charge in [0, 0.05) is 6.07 Å². The number of rotatable bonds is 3. The second-order valence-electron chi connectivity index (χ2n) is 3.66. The number of anilines is 1. The van der Waals surface area contributed by atoms with Crippen molar-refractivity contribution in [3.05, 3.63) is 18.4 Å². The van der Waals surface area contributed by atoms with Crippen molar-refractivity contribution in [3.63, 3.8) is 0 Å². The van der Waals surface area contributed by atoms with Gasteiger partial charge in [0.15, 0.2) is 0 Å². The van der Waals surface area contributed by atoms with Crippen LogP contribution in [0.2, 0.25) is 0 Å². The summed E-state index contributed by atoms with van der Waals surface area (Å²) < 4.78 is 5.99. The molecule has 1 saturated heterocycles. The zero-order valence-electron chi connectivity index (χ0n) is 9.20. The lowest BCUT2D eigenvalue weighted by atomic mass is 10.3. The fourth-order valence-electron chi connectivity index (χ4n) is 1.47. The molecule has 7 heteroatoms. The minimum absolute atomic E-state index is 0.437. The Morgan fingerprint density at radius 2 is 2.47 bits per heavy atom.